The van der Waals surface area contributed by atoms with Gasteiger partial charge in [0.2, 0.25) is 0 Å². The lowest BCUT2D eigenvalue weighted by molar-refractivity contribution is -0.0328. The van der Waals surface area contributed by atoms with Crippen molar-refractivity contribution in [1.82, 2.24) is 4.98 Å². The van der Waals surface area contributed by atoms with E-state index in [9.17, 15) is 18.0 Å². The summed E-state index contributed by atoms with van der Waals surface area (Å²) in [6.45, 7) is 0. The first-order valence-electron chi connectivity index (χ1n) is 7.18. The summed E-state index contributed by atoms with van der Waals surface area (Å²) in [5, 5.41) is 6.05. The van der Waals surface area contributed by atoms with Gasteiger partial charge in [-0.2, -0.15) is 13.2 Å². The Morgan fingerprint density at radius 2 is 1.76 bits per heavy atom. The molecule has 0 bridgehead atoms. The zero-order valence-corrected chi connectivity index (χ0v) is 13.5. The number of para-hydroxylation sites is 1. The lowest BCUT2D eigenvalue weighted by Crippen LogP contribution is -2.19. The highest BCUT2D eigenvalue weighted by molar-refractivity contribution is 8.00. The number of halogens is 3. The average molecular weight is 363 g/mol. The number of carbonyl (C=O) groups is 1. The smallest absolute Gasteiger partial charge is 0.308 e. The number of rotatable bonds is 3. The molecule has 1 aromatic heterocycles. The maximum atomic E-state index is 12.4. The van der Waals surface area contributed by atoms with Crippen LogP contribution in [-0.2, 0) is 0 Å². The normalized spacial score (nSPS) is 11.3. The van der Waals surface area contributed by atoms with Crippen LogP contribution in [0.5, 0.6) is 0 Å². The molecule has 128 valence electrons. The molecule has 0 atom stereocenters. The van der Waals surface area contributed by atoms with Crippen molar-refractivity contribution >= 4 is 40.1 Å². The molecule has 1 heterocycles. The molecule has 0 saturated carbocycles. The summed E-state index contributed by atoms with van der Waals surface area (Å²) in [5.41, 5.74) is -2.98. The van der Waals surface area contributed by atoms with Crippen LogP contribution in [0, 0.1) is 0 Å². The van der Waals surface area contributed by atoms with Crippen molar-refractivity contribution in [3.63, 3.8) is 0 Å². The number of thioether (sulfide) groups is 1. The van der Waals surface area contributed by atoms with E-state index >= 15 is 0 Å². The zero-order valence-electron chi connectivity index (χ0n) is 12.7. The highest BCUT2D eigenvalue weighted by Gasteiger charge is 2.29. The van der Waals surface area contributed by atoms with Crippen LogP contribution in [0.2, 0.25) is 0 Å². The summed E-state index contributed by atoms with van der Waals surface area (Å²) in [4.78, 5) is 16.4. The Labute approximate surface area is 145 Å². The second-order valence-electron chi connectivity index (χ2n) is 5.04. The third-order valence-corrected chi connectivity index (χ3v) is 3.93. The van der Waals surface area contributed by atoms with Gasteiger partial charge >= 0.3 is 11.5 Å². The molecule has 0 spiro atoms. The van der Waals surface area contributed by atoms with Gasteiger partial charge in [0.15, 0.2) is 0 Å². The van der Waals surface area contributed by atoms with Crippen LogP contribution in [-0.4, -0.2) is 16.5 Å². The minimum Gasteiger partial charge on any atom is -0.308 e. The number of urea groups is 1. The van der Waals surface area contributed by atoms with Crippen LogP contribution >= 0.6 is 11.8 Å². The van der Waals surface area contributed by atoms with Gasteiger partial charge in [-0.3, -0.25) is 4.98 Å². The molecule has 3 aromatic rings. The van der Waals surface area contributed by atoms with Gasteiger partial charge < -0.3 is 10.6 Å². The van der Waals surface area contributed by atoms with Gasteiger partial charge in [0.25, 0.3) is 0 Å². The first-order valence-corrected chi connectivity index (χ1v) is 8.00. The number of hydrogen-bond donors (Lipinski definition) is 2. The van der Waals surface area contributed by atoms with Crippen molar-refractivity contribution < 1.29 is 18.0 Å². The molecular formula is C17H12F3N3OS. The average Bonchev–Trinajstić information content (AvgIpc) is 2.54. The van der Waals surface area contributed by atoms with Crippen molar-refractivity contribution in [2.45, 2.75) is 10.4 Å². The first kappa shape index (κ1) is 17.1. The van der Waals surface area contributed by atoms with E-state index in [0.717, 1.165) is 5.39 Å². The topological polar surface area (TPSA) is 54.0 Å². The molecule has 8 heteroatoms. The maximum Gasteiger partial charge on any atom is 0.446 e. The lowest BCUT2D eigenvalue weighted by Gasteiger charge is -2.11. The summed E-state index contributed by atoms with van der Waals surface area (Å²) in [5.74, 6) is 0. The number of pyridine rings is 1. The predicted octanol–water partition coefficient (Wildman–Crippen LogP) is 5.49. The van der Waals surface area contributed by atoms with E-state index in [4.69, 9.17) is 0 Å². The highest BCUT2D eigenvalue weighted by Crippen LogP contribution is 2.37. The number of hydrogen-bond acceptors (Lipinski definition) is 3. The van der Waals surface area contributed by atoms with Crippen molar-refractivity contribution in [1.29, 1.82) is 0 Å². The monoisotopic (exact) mass is 363 g/mol. The minimum absolute atomic E-state index is 0.00266. The molecule has 0 saturated heterocycles. The number of anilines is 2. The van der Waals surface area contributed by atoms with E-state index in [1.165, 1.54) is 24.3 Å². The minimum atomic E-state index is -4.38. The van der Waals surface area contributed by atoms with Crippen LogP contribution < -0.4 is 10.6 Å². The highest BCUT2D eigenvalue weighted by atomic mass is 32.2. The molecule has 4 nitrogen and oxygen atoms in total. The van der Waals surface area contributed by atoms with Crippen LogP contribution in [0.25, 0.3) is 10.9 Å². The number of carbonyl (C=O) groups excluding carboxylic acids is 1. The van der Waals surface area contributed by atoms with E-state index in [1.54, 1.807) is 24.4 Å². The van der Waals surface area contributed by atoms with Gasteiger partial charge in [-0.15, -0.1) is 0 Å². The number of nitrogens with one attached hydrogen (secondary N) is 2. The molecule has 3 rings (SSSR count). The SMILES string of the molecule is O=C(Nc1cccc(SC(F)(F)F)c1)Nc1cccc2cccnc12. The fourth-order valence-corrected chi connectivity index (χ4v) is 2.86. The Morgan fingerprint density at radius 1 is 1.00 bits per heavy atom. The van der Waals surface area contributed by atoms with Crippen LogP contribution in [0.4, 0.5) is 29.3 Å². The van der Waals surface area contributed by atoms with Crippen molar-refractivity contribution in [2.75, 3.05) is 10.6 Å². The Bertz CT molecular complexity index is 910. The molecule has 25 heavy (non-hydrogen) atoms. The molecule has 0 fully saturated rings. The van der Waals surface area contributed by atoms with E-state index in [-0.39, 0.29) is 22.3 Å². The number of alkyl halides is 3. The molecule has 2 amide bonds. The fourth-order valence-electron chi connectivity index (χ4n) is 2.26. The Kier molecular flexibility index (Phi) is 4.80. The number of nitrogens with zero attached hydrogens (tertiary/aromatic N) is 1. The molecule has 2 aromatic carbocycles. The van der Waals surface area contributed by atoms with Crippen molar-refractivity contribution in [3.05, 3.63) is 60.8 Å². The second kappa shape index (κ2) is 7.02. The van der Waals surface area contributed by atoms with Crippen LogP contribution in [0.15, 0.2) is 65.7 Å². The van der Waals surface area contributed by atoms with Crippen LogP contribution in [0.1, 0.15) is 0 Å². The van der Waals surface area contributed by atoms with E-state index < -0.39 is 11.5 Å². The molecule has 0 unspecified atom stereocenters. The van der Waals surface area contributed by atoms with Crippen molar-refractivity contribution in [2.24, 2.45) is 0 Å². The fraction of sp³-hybridized carbons (Fsp3) is 0.0588. The van der Waals surface area contributed by atoms with E-state index in [1.807, 2.05) is 12.1 Å². The molecule has 0 aliphatic rings. The summed E-state index contributed by atoms with van der Waals surface area (Å²) in [6, 6.07) is 14.0. The summed E-state index contributed by atoms with van der Waals surface area (Å²) in [7, 11) is 0. The lowest BCUT2D eigenvalue weighted by atomic mass is 10.2. The third kappa shape index (κ3) is 4.63. The zero-order chi connectivity index (χ0) is 17.9. The van der Waals surface area contributed by atoms with Gasteiger partial charge in [-0.05, 0) is 42.1 Å². The third-order valence-electron chi connectivity index (χ3n) is 3.21. The summed E-state index contributed by atoms with van der Waals surface area (Å²) < 4.78 is 37.3. The summed E-state index contributed by atoms with van der Waals surface area (Å²) in [6.07, 6.45) is 1.61. The molecule has 0 aliphatic heterocycles. The van der Waals surface area contributed by atoms with E-state index in [0.29, 0.717) is 11.2 Å². The second-order valence-corrected chi connectivity index (χ2v) is 6.17. The first-order chi connectivity index (χ1) is 11.9. The van der Waals surface area contributed by atoms with Crippen molar-refractivity contribution in [3.8, 4) is 0 Å². The van der Waals surface area contributed by atoms with Gasteiger partial charge in [-0.1, -0.05) is 24.3 Å². The Hall–Kier alpha value is -2.74. The predicted molar refractivity (Wildman–Crippen MR) is 92.7 cm³/mol. The molecule has 0 aliphatic carbocycles. The summed E-state index contributed by atoms with van der Waals surface area (Å²) >= 11 is -0.234. The quantitative estimate of drug-likeness (QED) is 0.605. The number of fused-ring (bicyclic) bond motifs is 1. The Morgan fingerprint density at radius 3 is 2.56 bits per heavy atom. The Balaban J connectivity index is 1.73. The largest absolute Gasteiger partial charge is 0.446 e. The van der Waals surface area contributed by atoms with Gasteiger partial charge in [0, 0.05) is 22.2 Å². The number of aromatic nitrogens is 1. The number of amides is 2. The maximum absolute atomic E-state index is 12.4. The standard InChI is InChI=1S/C17H12F3N3OS/c18-17(19,20)25-13-7-2-6-12(10-13)22-16(24)23-14-8-1-4-11-5-3-9-21-15(11)14/h1-10H,(H2,22,23,24). The molecule has 0 radical (unpaired) electrons. The number of benzene rings is 2. The van der Waals surface area contributed by atoms with Gasteiger partial charge in [-0.25, -0.2) is 4.79 Å². The van der Waals surface area contributed by atoms with Crippen LogP contribution in [0.3, 0.4) is 0 Å². The van der Waals surface area contributed by atoms with Gasteiger partial charge in [0.1, 0.15) is 0 Å². The van der Waals surface area contributed by atoms with Gasteiger partial charge in [0.05, 0.1) is 11.2 Å². The molecule has 2 N–H and O–H groups in total. The van der Waals surface area contributed by atoms with E-state index in [2.05, 4.69) is 15.6 Å². The molecular weight excluding hydrogens is 351 g/mol.